The van der Waals surface area contributed by atoms with Crippen molar-refractivity contribution in [1.82, 2.24) is 9.62 Å². The lowest BCUT2D eigenvalue weighted by Gasteiger charge is -2.33. The largest absolute Gasteiger partial charge is 0.329 e. The molecule has 0 bridgehead atoms. The third-order valence-electron chi connectivity index (χ3n) is 3.61. The highest BCUT2D eigenvalue weighted by molar-refractivity contribution is 7.89. The van der Waals surface area contributed by atoms with E-state index in [9.17, 15) is 8.42 Å². The Morgan fingerprint density at radius 1 is 1.28 bits per heavy atom. The molecule has 0 spiro atoms. The van der Waals surface area contributed by atoms with Gasteiger partial charge in [-0.1, -0.05) is 13.8 Å². The van der Waals surface area contributed by atoms with Gasteiger partial charge >= 0.3 is 0 Å². The Hall–Kier alpha value is -0.170. The van der Waals surface area contributed by atoms with Crippen molar-refractivity contribution in [2.45, 2.75) is 45.7 Å². The molecule has 1 aliphatic heterocycles. The summed E-state index contributed by atoms with van der Waals surface area (Å²) < 4.78 is 25.5. The number of sulfonamides is 1. The van der Waals surface area contributed by atoms with Crippen LogP contribution < -0.4 is 11.1 Å². The van der Waals surface area contributed by atoms with E-state index >= 15 is 0 Å². The highest BCUT2D eigenvalue weighted by Gasteiger charge is 2.30. The fourth-order valence-electron chi connectivity index (χ4n) is 2.32. The number of rotatable bonds is 6. The van der Waals surface area contributed by atoms with E-state index in [1.165, 1.54) is 0 Å². The summed E-state index contributed by atoms with van der Waals surface area (Å²) in [5.74, 6) is 0.752. The molecule has 1 heterocycles. The Morgan fingerprint density at radius 2 is 1.94 bits per heavy atom. The lowest BCUT2D eigenvalue weighted by Crippen LogP contribution is -2.51. The van der Waals surface area contributed by atoms with Crippen molar-refractivity contribution >= 4 is 10.0 Å². The summed E-state index contributed by atoms with van der Waals surface area (Å²) in [4.78, 5) is 0. The minimum absolute atomic E-state index is 0.00287. The highest BCUT2D eigenvalue weighted by atomic mass is 32.2. The molecule has 0 aromatic rings. The summed E-state index contributed by atoms with van der Waals surface area (Å²) in [6.45, 7) is 8.10. The van der Waals surface area contributed by atoms with Gasteiger partial charge in [-0.3, -0.25) is 0 Å². The van der Waals surface area contributed by atoms with E-state index < -0.39 is 10.0 Å². The Kier molecular flexibility index (Phi) is 6.04. The predicted octanol–water partition coefficient (Wildman–Crippen LogP) is 0.373. The van der Waals surface area contributed by atoms with Crippen LogP contribution in [0, 0.1) is 5.92 Å². The van der Waals surface area contributed by atoms with Gasteiger partial charge in [-0.15, -0.1) is 0 Å². The lowest BCUT2D eigenvalue weighted by molar-refractivity contribution is 0.288. The highest BCUT2D eigenvalue weighted by Crippen LogP contribution is 2.16. The molecule has 1 fully saturated rings. The first-order valence-electron chi connectivity index (χ1n) is 6.81. The van der Waals surface area contributed by atoms with Gasteiger partial charge in [-0.25, -0.2) is 8.42 Å². The van der Waals surface area contributed by atoms with E-state index in [1.807, 2.05) is 6.92 Å². The topological polar surface area (TPSA) is 75.4 Å². The van der Waals surface area contributed by atoms with Gasteiger partial charge in [-0.2, -0.15) is 4.31 Å². The van der Waals surface area contributed by atoms with Crippen LogP contribution in [0.5, 0.6) is 0 Å². The Morgan fingerprint density at radius 3 is 2.44 bits per heavy atom. The van der Waals surface area contributed by atoms with Gasteiger partial charge in [0.15, 0.2) is 0 Å². The molecule has 1 saturated heterocycles. The van der Waals surface area contributed by atoms with Crippen LogP contribution in [0.3, 0.4) is 0 Å². The second-order valence-electron chi connectivity index (χ2n) is 5.48. The number of hydrogen-bond donors (Lipinski definition) is 2. The van der Waals surface area contributed by atoms with Crippen LogP contribution in [0.15, 0.2) is 0 Å². The Bertz CT molecular complexity index is 343. The van der Waals surface area contributed by atoms with Gasteiger partial charge < -0.3 is 11.1 Å². The minimum atomic E-state index is -3.04. The zero-order valence-electron chi connectivity index (χ0n) is 11.7. The fourth-order valence-corrected chi connectivity index (χ4v) is 4.15. The maximum absolute atomic E-state index is 11.9. The van der Waals surface area contributed by atoms with Gasteiger partial charge in [0.25, 0.3) is 0 Å². The number of nitrogens with zero attached hydrogens (tertiary/aromatic N) is 1. The summed E-state index contributed by atoms with van der Waals surface area (Å²) in [7, 11) is -3.04. The van der Waals surface area contributed by atoms with Crippen LogP contribution in [-0.4, -0.2) is 50.2 Å². The maximum Gasteiger partial charge on any atom is 0.214 e. The summed E-state index contributed by atoms with van der Waals surface area (Å²) >= 11 is 0. The van der Waals surface area contributed by atoms with Crippen molar-refractivity contribution in [3.63, 3.8) is 0 Å². The minimum Gasteiger partial charge on any atom is -0.329 e. The summed E-state index contributed by atoms with van der Waals surface area (Å²) in [6, 6.07) is 0.253. The molecular weight excluding hydrogens is 250 g/mol. The first kappa shape index (κ1) is 15.9. The molecule has 1 rings (SSSR count). The van der Waals surface area contributed by atoms with Crippen molar-refractivity contribution in [2.24, 2.45) is 11.7 Å². The first-order chi connectivity index (χ1) is 8.38. The maximum atomic E-state index is 11.9. The van der Waals surface area contributed by atoms with Crippen molar-refractivity contribution in [3.05, 3.63) is 0 Å². The molecule has 0 aromatic carbocycles. The zero-order chi connectivity index (χ0) is 13.8. The molecule has 0 aliphatic carbocycles. The van der Waals surface area contributed by atoms with Gasteiger partial charge in [0, 0.05) is 31.7 Å². The molecule has 0 amide bonds. The van der Waals surface area contributed by atoms with E-state index in [-0.39, 0.29) is 12.1 Å². The lowest BCUT2D eigenvalue weighted by atomic mass is 10.0. The normalized spacial score (nSPS) is 24.1. The fraction of sp³-hybridized carbons (Fsp3) is 1.00. The van der Waals surface area contributed by atoms with Crippen LogP contribution in [0.4, 0.5) is 0 Å². The molecule has 0 radical (unpaired) electrons. The van der Waals surface area contributed by atoms with Crippen LogP contribution >= 0.6 is 0 Å². The molecule has 6 heteroatoms. The smallest absolute Gasteiger partial charge is 0.214 e. The van der Waals surface area contributed by atoms with E-state index in [0.717, 1.165) is 12.8 Å². The summed E-state index contributed by atoms with van der Waals surface area (Å²) in [5.41, 5.74) is 5.70. The monoisotopic (exact) mass is 277 g/mol. The molecule has 5 nitrogen and oxygen atoms in total. The molecule has 18 heavy (non-hydrogen) atoms. The standard InChI is InChI=1S/C12H27N3O2S/c1-10(2)12(8-13)14-9-11(3)15-6-4-5-7-18(15,16)17/h10-12,14H,4-9,13H2,1-3H3/t11-,12-/m1/s1. The number of hydrogen-bond acceptors (Lipinski definition) is 4. The van der Waals surface area contributed by atoms with Crippen LogP contribution in [0.2, 0.25) is 0 Å². The van der Waals surface area contributed by atoms with E-state index in [4.69, 9.17) is 5.73 Å². The SMILES string of the molecule is CC(C)[C@@H](CN)NC[C@@H](C)N1CCCCS1(=O)=O. The van der Waals surface area contributed by atoms with Crippen molar-refractivity contribution in [3.8, 4) is 0 Å². The van der Waals surface area contributed by atoms with E-state index in [2.05, 4.69) is 19.2 Å². The van der Waals surface area contributed by atoms with Crippen molar-refractivity contribution in [1.29, 1.82) is 0 Å². The van der Waals surface area contributed by atoms with Gasteiger partial charge in [0.1, 0.15) is 0 Å². The molecule has 1 aliphatic rings. The van der Waals surface area contributed by atoms with Crippen LogP contribution in [0.25, 0.3) is 0 Å². The summed E-state index contributed by atoms with van der Waals surface area (Å²) in [5, 5.41) is 3.37. The second kappa shape index (κ2) is 6.84. The average Bonchev–Trinajstić information content (AvgIpc) is 2.28. The Balaban J connectivity index is 2.51. The average molecular weight is 277 g/mol. The third kappa shape index (κ3) is 4.19. The molecule has 3 N–H and O–H groups in total. The van der Waals surface area contributed by atoms with Crippen LogP contribution in [-0.2, 0) is 10.0 Å². The van der Waals surface area contributed by atoms with E-state index in [0.29, 0.717) is 31.3 Å². The molecule has 0 unspecified atom stereocenters. The second-order valence-corrected chi connectivity index (χ2v) is 7.52. The van der Waals surface area contributed by atoms with Gasteiger partial charge in [0.2, 0.25) is 10.0 Å². The van der Waals surface area contributed by atoms with Crippen molar-refractivity contribution < 1.29 is 8.42 Å². The van der Waals surface area contributed by atoms with Crippen LogP contribution in [0.1, 0.15) is 33.6 Å². The number of nitrogens with two attached hydrogens (primary N) is 1. The molecule has 108 valence electrons. The third-order valence-corrected chi connectivity index (χ3v) is 5.68. The van der Waals surface area contributed by atoms with Gasteiger partial charge in [0.05, 0.1) is 5.75 Å². The number of nitrogens with one attached hydrogen (secondary N) is 1. The molecule has 0 aromatic heterocycles. The quantitative estimate of drug-likeness (QED) is 0.736. The van der Waals surface area contributed by atoms with Crippen molar-refractivity contribution in [2.75, 3.05) is 25.4 Å². The predicted molar refractivity (Wildman–Crippen MR) is 74.9 cm³/mol. The Labute approximate surface area is 111 Å². The first-order valence-corrected chi connectivity index (χ1v) is 8.42. The molecular formula is C12H27N3O2S. The summed E-state index contributed by atoms with van der Waals surface area (Å²) in [6.07, 6.45) is 1.75. The molecule has 0 saturated carbocycles. The molecule has 2 atom stereocenters. The van der Waals surface area contributed by atoms with Gasteiger partial charge in [-0.05, 0) is 25.7 Å². The van der Waals surface area contributed by atoms with E-state index in [1.54, 1.807) is 4.31 Å². The zero-order valence-corrected chi connectivity index (χ0v) is 12.5.